The molecule has 3 heteroatoms. The lowest BCUT2D eigenvalue weighted by Crippen LogP contribution is -2.38. The normalized spacial score (nSPS) is 12.1. The average Bonchev–Trinajstić information content (AvgIpc) is 2.54. The highest BCUT2D eigenvalue weighted by Crippen LogP contribution is 2.22. The zero-order valence-corrected chi connectivity index (χ0v) is 12.7. The number of likely N-dealkylation sites (N-methyl/N-ethyl adjacent to an activating group) is 1. The third-order valence-corrected chi connectivity index (χ3v) is 3.27. The topological polar surface area (TPSA) is 30.5 Å². The molecule has 1 atom stereocenters. The van der Waals surface area contributed by atoms with E-state index in [-0.39, 0.29) is 6.04 Å². The third kappa shape index (κ3) is 4.88. The van der Waals surface area contributed by atoms with Crippen LogP contribution in [0.5, 0.6) is 5.75 Å². The van der Waals surface area contributed by atoms with Gasteiger partial charge in [0.2, 0.25) is 0 Å². The van der Waals surface area contributed by atoms with Gasteiger partial charge in [0.1, 0.15) is 12.4 Å². The molecule has 0 saturated carbocycles. The summed E-state index contributed by atoms with van der Waals surface area (Å²) in [5.74, 6) is 0.883. The fraction of sp³-hybridized carbons (Fsp3) is 0.333. The number of hydrogen-bond acceptors (Lipinski definition) is 3. The first-order valence-electron chi connectivity index (χ1n) is 7.34. The van der Waals surface area contributed by atoms with Crippen molar-refractivity contribution in [3.8, 4) is 16.9 Å². The Labute approximate surface area is 126 Å². The molecule has 0 aromatic heterocycles. The summed E-state index contributed by atoms with van der Waals surface area (Å²) >= 11 is 0. The molecule has 0 saturated heterocycles. The fourth-order valence-corrected chi connectivity index (χ4v) is 2.23. The van der Waals surface area contributed by atoms with Gasteiger partial charge in [0, 0.05) is 7.11 Å². The van der Waals surface area contributed by atoms with Crippen molar-refractivity contribution < 1.29 is 9.47 Å². The van der Waals surface area contributed by atoms with Crippen LogP contribution in [0.25, 0.3) is 11.1 Å². The van der Waals surface area contributed by atoms with E-state index in [2.05, 4.69) is 36.5 Å². The van der Waals surface area contributed by atoms with Crippen molar-refractivity contribution in [2.45, 2.75) is 13.0 Å². The van der Waals surface area contributed by atoms with E-state index in [0.717, 1.165) is 12.3 Å². The van der Waals surface area contributed by atoms with Crippen molar-refractivity contribution in [3.63, 3.8) is 0 Å². The molecule has 2 rings (SSSR count). The summed E-state index contributed by atoms with van der Waals surface area (Å²) in [6.45, 7) is 4.24. The maximum Gasteiger partial charge on any atom is 0.119 e. The van der Waals surface area contributed by atoms with E-state index in [1.165, 1.54) is 11.1 Å². The highest BCUT2D eigenvalue weighted by molar-refractivity contribution is 5.63. The number of hydrogen-bond donors (Lipinski definition) is 1. The summed E-state index contributed by atoms with van der Waals surface area (Å²) in [4.78, 5) is 0. The number of methoxy groups -OCH3 is 1. The summed E-state index contributed by atoms with van der Waals surface area (Å²) in [6.07, 6.45) is 0. The van der Waals surface area contributed by atoms with E-state index >= 15 is 0 Å². The minimum atomic E-state index is 0.216. The quantitative estimate of drug-likeness (QED) is 0.807. The van der Waals surface area contributed by atoms with Crippen LogP contribution in [-0.2, 0) is 4.74 Å². The van der Waals surface area contributed by atoms with E-state index < -0.39 is 0 Å². The van der Waals surface area contributed by atoms with E-state index in [1.54, 1.807) is 7.11 Å². The predicted octanol–water partition coefficient (Wildman–Crippen LogP) is 3.36. The molecular formula is C18H23NO2. The second-order valence-corrected chi connectivity index (χ2v) is 4.91. The summed E-state index contributed by atoms with van der Waals surface area (Å²) < 4.78 is 11.0. The van der Waals surface area contributed by atoms with Gasteiger partial charge < -0.3 is 14.8 Å². The molecule has 2 aromatic carbocycles. The van der Waals surface area contributed by atoms with Crippen LogP contribution in [0.3, 0.4) is 0 Å². The monoisotopic (exact) mass is 285 g/mol. The van der Waals surface area contributed by atoms with E-state index in [9.17, 15) is 0 Å². The van der Waals surface area contributed by atoms with Crippen LogP contribution in [0.15, 0.2) is 54.6 Å². The molecule has 0 radical (unpaired) electrons. The zero-order valence-electron chi connectivity index (χ0n) is 12.7. The minimum absolute atomic E-state index is 0.216. The minimum Gasteiger partial charge on any atom is -0.492 e. The first kappa shape index (κ1) is 15.5. The lowest BCUT2D eigenvalue weighted by Gasteiger charge is -2.17. The Hall–Kier alpha value is -1.84. The Kier molecular flexibility index (Phi) is 6.25. The number of ether oxygens (including phenoxy) is 2. The van der Waals surface area contributed by atoms with E-state index in [1.807, 2.05) is 30.3 Å². The molecule has 0 aliphatic heterocycles. The van der Waals surface area contributed by atoms with Crippen molar-refractivity contribution in [3.05, 3.63) is 54.6 Å². The molecule has 0 spiro atoms. The number of benzene rings is 2. The van der Waals surface area contributed by atoms with Gasteiger partial charge in [0.05, 0.1) is 12.6 Å². The maximum absolute atomic E-state index is 5.82. The first-order valence-corrected chi connectivity index (χ1v) is 7.34. The smallest absolute Gasteiger partial charge is 0.119 e. The van der Waals surface area contributed by atoms with Crippen LogP contribution in [-0.4, -0.2) is 32.9 Å². The van der Waals surface area contributed by atoms with Crippen molar-refractivity contribution in [2.75, 3.05) is 26.9 Å². The van der Waals surface area contributed by atoms with Gasteiger partial charge in [0.25, 0.3) is 0 Å². The molecule has 0 bridgehead atoms. The van der Waals surface area contributed by atoms with Gasteiger partial charge in [0.15, 0.2) is 0 Å². The van der Waals surface area contributed by atoms with Gasteiger partial charge >= 0.3 is 0 Å². The Morgan fingerprint density at radius 2 is 1.57 bits per heavy atom. The van der Waals surface area contributed by atoms with Gasteiger partial charge in [-0.25, -0.2) is 0 Å². The molecule has 0 aliphatic carbocycles. The Bertz CT molecular complexity index is 505. The van der Waals surface area contributed by atoms with Gasteiger partial charge in [-0.2, -0.15) is 0 Å². The number of rotatable bonds is 8. The summed E-state index contributed by atoms with van der Waals surface area (Å²) in [5, 5.41) is 3.34. The van der Waals surface area contributed by atoms with Gasteiger partial charge in [-0.1, -0.05) is 49.4 Å². The van der Waals surface area contributed by atoms with Crippen LogP contribution >= 0.6 is 0 Å². The molecule has 21 heavy (non-hydrogen) atoms. The van der Waals surface area contributed by atoms with Crippen LogP contribution in [0, 0.1) is 0 Å². The molecule has 2 aromatic rings. The predicted molar refractivity (Wildman–Crippen MR) is 86.7 cm³/mol. The SMILES string of the molecule is CCNC(COC)COc1ccc(-c2ccccc2)cc1. The summed E-state index contributed by atoms with van der Waals surface area (Å²) in [7, 11) is 1.71. The summed E-state index contributed by atoms with van der Waals surface area (Å²) in [6, 6.07) is 18.7. The van der Waals surface area contributed by atoms with E-state index in [0.29, 0.717) is 13.2 Å². The standard InChI is InChI=1S/C18H23NO2/c1-3-19-17(13-20-2)14-21-18-11-9-16(10-12-18)15-7-5-4-6-8-15/h4-12,17,19H,3,13-14H2,1-2H3. The zero-order chi connectivity index (χ0) is 14.9. The van der Waals surface area contributed by atoms with Crippen LogP contribution in [0.4, 0.5) is 0 Å². The van der Waals surface area contributed by atoms with Gasteiger partial charge in [-0.15, -0.1) is 0 Å². The summed E-state index contributed by atoms with van der Waals surface area (Å²) in [5.41, 5.74) is 2.41. The highest BCUT2D eigenvalue weighted by Gasteiger charge is 2.07. The molecule has 1 N–H and O–H groups in total. The Balaban J connectivity index is 1.93. The molecule has 1 unspecified atom stereocenters. The molecule has 3 nitrogen and oxygen atoms in total. The lowest BCUT2D eigenvalue weighted by molar-refractivity contribution is 0.137. The largest absolute Gasteiger partial charge is 0.492 e. The maximum atomic E-state index is 5.82. The van der Waals surface area contributed by atoms with Crippen LogP contribution < -0.4 is 10.1 Å². The van der Waals surface area contributed by atoms with Crippen molar-refractivity contribution in [1.29, 1.82) is 0 Å². The molecule has 112 valence electrons. The average molecular weight is 285 g/mol. The van der Waals surface area contributed by atoms with E-state index in [4.69, 9.17) is 9.47 Å². The first-order chi connectivity index (χ1) is 10.3. The molecule has 0 aliphatic rings. The molecule has 0 heterocycles. The van der Waals surface area contributed by atoms with Gasteiger partial charge in [-0.3, -0.25) is 0 Å². The van der Waals surface area contributed by atoms with Crippen LogP contribution in [0.1, 0.15) is 6.92 Å². The third-order valence-electron chi connectivity index (χ3n) is 3.27. The van der Waals surface area contributed by atoms with Crippen molar-refractivity contribution >= 4 is 0 Å². The van der Waals surface area contributed by atoms with Crippen molar-refractivity contribution in [1.82, 2.24) is 5.32 Å². The fourth-order valence-electron chi connectivity index (χ4n) is 2.23. The Morgan fingerprint density at radius 1 is 0.905 bits per heavy atom. The lowest BCUT2D eigenvalue weighted by atomic mass is 10.1. The van der Waals surface area contributed by atoms with Crippen molar-refractivity contribution in [2.24, 2.45) is 0 Å². The second-order valence-electron chi connectivity index (χ2n) is 4.91. The molecular weight excluding hydrogens is 262 g/mol. The van der Waals surface area contributed by atoms with Crippen LogP contribution in [0.2, 0.25) is 0 Å². The van der Waals surface area contributed by atoms with Gasteiger partial charge in [-0.05, 0) is 29.8 Å². The molecule has 0 amide bonds. The highest BCUT2D eigenvalue weighted by atomic mass is 16.5. The Morgan fingerprint density at radius 3 is 2.19 bits per heavy atom. The second kappa shape index (κ2) is 8.45. The number of nitrogens with one attached hydrogen (secondary N) is 1. The molecule has 0 fully saturated rings.